The SMILES string of the molecule is CCN(C(=O)Cc1ccc2nc(C)[nH]c2c1)c1cccc(C)c1. The molecule has 0 bridgehead atoms. The third kappa shape index (κ3) is 3.26. The summed E-state index contributed by atoms with van der Waals surface area (Å²) in [6.07, 6.45) is 0.385. The Labute approximate surface area is 136 Å². The predicted octanol–water partition coefficient (Wildman–Crippen LogP) is 3.78. The summed E-state index contributed by atoms with van der Waals surface area (Å²) in [5.74, 6) is 0.993. The maximum Gasteiger partial charge on any atom is 0.231 e. The first-order valence-electron chi connectivity index (χ1n) is 7.89. The predicted molar refractivity (Wildman–Crippen MR) is 93.7 cm³/mol. The van der Waals surface area contributed by atoms with E-state index in [0.717, 1.165) is 33.7 Å². The van der Waals surface area contributed by atoms with Gasteiger partial charge in [-0.2, -0.15) is 0 Å². The van der Waals surface area contributed by atoms with Crippen molar-refractivity contribution in [1.29, 1.82) is 0 Å². The van der Waals surface area contributed by atoms with E-state index in [0.29, 0.717) is 13.0 Å². The lowest BCUT2D eigenvalue weighted by molar-refractivity contribution is -0.117. The van der Waals surface area contributed by atoms with E-state index in [4.69, 9.17) is 0 Å². The maximum atomic E-state index is 12.7. The van der Waals surface area contributed by atoms with Crippen LogP contribution < -0.4 is 4.90 Å². The van der Waals surface area contributed by atoms with Crippen LogP contribution in [0.3, 0.4) is 0 Å². The number of anilines is 1. The van der Waals surface area contributed by atoms with Gasteiger partial charge in [-0.15, -0.1) is 0 Å². The highest BCUT2D eigenvalue weighted by molar-refractivity contribution is 5.95. The molecule has 0 fully saturated rings. The van der Waals surface area contributed by atoms with E-state index >= 15 is 0 Å². The Kier molecular flexibility index (Phi) is 4.15. The highest BCUT2D eigenvalue weighted by atomic mass is 16.2. The van der Waals surface area contributed by atoms with Crippen molar-refractivity contribution in [3.8, 4) is 0 Å². The second kappa shape index (κ2) is 6.24. The lowest BCUT2D eigenvalue weighted by Crippen LogP contribution is -2.32. The minimum absolute atomic E-state index is 0.105. The summed E-state index contributed by atoms with van der Waals surface area (Å²) < 4.78 is 0. The zero-order chi connectivity index (χ0) is 16.4. The van der Waals surface area contributed by atoms with Crippen molar-refractivity contribution in [2.45, 2.75) is 27.2 Å². The van der Waals surface area contributed by atoms with Crippen LogP contribution in [0.15, 0.2) is 42.5 Å². The minimum atomic E-state index is 0.105. The van der Waals surface area contributed by atoms with Crippen LogP contribution in [0.5, 0.6) is 0 Å². The molecule has 1 heterocycles. The fraction of sp³-hybridized carbons (Fsp3) is 0.263. The van der Waals surface area contributed by atoms with Crippen LogP contribution in [0.25, 0.3) is 11.0 Å². The number of carbonyl (C=O) groups is 1. The Balaban J connectivity index is 1.83. The van der Waals surface area contributed by atoms with Gasteiger partial charge in [0.2, 0.25) is 5.91 Å². The molecule has 3 rings (SSSR count). The van der Waals surface area contributed by atoms with Crippen LogP contribution in [0, 0.1) is 13.8 Å². The highest BCUT2D eigenvalue weighted by Gasteiger charge is 2.15. The molecule has 0 spiro atoms. The molecule has 0 unspecified atom stereocenters. The Morgan fingerprint density at radius 3 is 2.74 bits per heavy atom. The summed E-state index contributed by atoms with van der Waals surface area (Å²) in [4.78, 5) is 22.1. The van der Waals surface area contributed by atoms with E-state index in [1.54, 1.807) is 0 Å². The van der Waals surface area contributed by atoms with Crippen molar-refractivity contribution in [1.82, 2.24) is 9.97 Å². The van der Waals surface area contributed by atoms with Gasteiger partial charge in [-0.25, -0.2) is 4.98 Å². The van der Waals surface area contributed by atoms with Gasteiger partial charge in [-0.1, -0.05) is 18.2 Å². The molecule has 1 amide bonds. The monoisotopic (exact) mass is 307 g/mol. The number of hydrogen-bond acceptors (Lipinski definition) is 2. The Morgan fingerprint density at radius 2 is 2.00 bits per heavy atom. The molecule has 0 saturated heterocycles. The second-order valence-corrected chi connectivity index (χ2v) is 5.83. The van der Waals surface area contributed by atoms with E-state index in [2.05, 4.69) is 9.97 Å². The highest BCUT2D eigenvalue weighted by Crippen LogP contribution is 2.19. The summed E-state index contributed by atoms with van der Waals surface area (Å²) in [6.45, 7) is 6.63. The van der Waals surface area contributed by atoms with Gasteiger partial charge in [-0.05, 0) is 56.2 Å². The largest absolute Gasteiger partial charge is 0.342 e. The molecule has 0 aliphatic heterocycles. The third-order valence-corrected chi connectivity index (χ3v) is 3.95. The zero-order valence-corrected chi connectivity index (χ0v) is 13.8. The fourth-order valence-corrected chi connectivity index (χ4v) is 2.86. The number of aromatic nitrogens is 2. The zero-order valence-electron chi connectivity index (χ0n) is 13.8. The first kappa shape index (κ1) is 15.3. The number of hydrogen-bond donors (Lipinski definition) is 1. The number of nitrogens with one attached hydrogen (secondary N) is 1. The number of H-pyrrole nitrogens is 1. The smallest absolute Gasteiger partial charge is 0.231 e. The Bertz CT molecular complexity index is 851. The topological polar surface area (TPSA) is 49.0 Å². The van der Waals surface area contributed by atoms with Crippen LogP contribution in [0.1, 0.15) is 23.9 Å². The van der Waals surface area contributed by atoms with E-state index < -0.39 is 0 Å². The molecule has 4 heteroatoms. The van der Waals surface area contributed by atoms with Crippen LogP contribution in [-0.4, -0.2) is 22.4 Å². The van der Waals surface area contributed by atoms with Gasteiger partial charge < -0.3 is 9.88 Å². The molecular formula is C19H21N3O. The molecule has 1 aromatic heterocycles. The average molecular weight is 307 g/mol. The molecule has 0 radical (unpaired) electrons. The lowest BCUT2D eigenvalue weighted by Gasteiger charge is -2.21. The number of imidazole rings is 1. The number of carbonyl (C=O) groups excluding carboxylic acids is 1. The molecule has 3 aromatic rings. The summed E-state index contributed by atoms with van der Waals surface area (Å²) in [5, 5.41) is 0. The molecule has 1 N–H and O–H groups in total. The summed E-state index contributed by atoms with van der Waals surface area (Å²) in [7, 11) is 0. The normalized spacial score (nSPS) is 10.9. The molecule has 0 saturated carbocycles. The molecule has 4 nitrogen and oxygen atoms in total. The van der Waals surface area contributed by atoms with Gasteiger partial charge in [0.25, 0.3) is 0 Å². The quantitative estimate of drug-likeness (QED) is 0.797. The summed E-state index contributed by atoms with van der Waals surface area (Å²) in [5.41, 5.74) is 5.02. The molecular weight excluding hydrogens is 286 g/mol. The molecule has 0 aliphatic rings. The average Bonchev–Trinajstić information content (AvgIpc) is 2.87. The molecule has 0 atom stereocenters. The number of amides is 1. The maximum absolute atomic E-state index is 12.7. The van der Waals surface area contributed by atoms with Crippen LogP contribution >= 0.6 is 0 Å². The molecule has 2 aromatic carbocycles. The number of rotatable bonds is 4. The number of aryl methyl sites for hydroxylation is 2. The fourth-order valence-electron chi connectivity index (χ4n) is 2.86. The number of benzene rings is 2. The third-order valence-electron chi connectivity index (χ3n) is 3.95. The minimum Gasteiger partial charge on any atom is -0.342 e. The van der Waals surface area contributed by atoms with Gasteiger partial charge in [0.05, 0.1) is 17.5 Å². The Morgan fingerprint density at radius 1 is 1.17 bits per heavy atom. The van der Waals surface area contributed by atoms with Crippen molar-refractivity contribution < 1.29 is 4.79 Å². The van der Waals surface area contributed by atoms with Crippen molar-refractivity contribution in [3.05, 3.63) is 59.4 Å². The Hall–Kier alpha value is -2.62. The lowest BCUT2D eigenvalue weighted by atomic mass is 10.1. The standard InChI is InChI=1S/C19H21N3O/c1-4-22(16-7-5-6-13(2)10-16)19(23)12-15-8-9-17-18(11-15)21-14(3)20-17/h5-11H,4,12H2,1-3H3,(H,20,21). The number of fused-ring (bicyclic) bond motifs is 1. The summed E-state index contributed by atoms with van der Waals surface area (Å²) in [6, 6.07) is 14.0. The van der Waals surface area contributed by atoms with Crippen LogP contribution in [-0.2, 0) is 11.2 Å². The van der Waals surface area contributed by atoms with E-state index in [1.807, 2.05) is 68.1 Å². The number of nitrogens with zero attached hydrogens (tertiary/aromatic N) is 2. The van der Waals surface area contributed by atoms with Crippen molar-refractivity contribution in [3.63, 3.8) is 0 Å². The van der Waals surface area contributed by atoms with Gasteiger partial charge in [0.15, 0.2) is 0 Å². The number of likely N-dealkylation sites (N-methyl/N-ethyl adjacent to an activating group) is 1. The van der Waals surface area contributed by atoms with Gasteiger partial charge >= 0.3 is 0 Å². The van der Waals surface area contributed by atoms with E-state index in [1.165, 1.54) is 0 Å². The van der Waals surface area contributed by atoms with Gasteiger partial charge in [-0.3, -0.25) is 4.79 Å². The first-order valence-corrected chi connectivity index (χ1v) is 7.89. The van der Waals surface area contributed by atoms with Gasteiger partial charge in [0, 0.05) is 12.2 Å². The van der Waals surface area contributed by atoms with Gasteiger partial charge in [0.1, 0.15) is 5.82 Å². The molecule has 118 valence electrons. The van der Waals surface area contributed by atoms with Crippen molar-refractivity contribution in [2.75, 3.05) is 11.4 Å². The summed E-state index contributed by atoms with van der Waals surface area (Å²) >= 11 is 0. The first-order chi connectivity index (χ1) is 11.1. The molecule has 0 aliphatic carbocycles. The number of aromatic amines is 1. The second-order valence-electron chi connectivity index (χ2n) is 5.83. The van der Waals surface area contributed by atoms with Crippen LogP contribution in [0.4, 0.5) is 5.69 Å². The van der Waals surface area contributed by atoms with E-state index in [9.17, 15) is 4.79 Å². The van der Waals surface area contributed by atoms with Crippen molar-refractivity contribution >= 4 is 22.6 Å². The molecule has 23 heavy (non-hydrogen) atoms. The van der Waals surface area contributed by atoms with Crippen molar-refractivity contribution in [2.24, 2.45) is 0 Å². The van der Waals surface area contributed by atoms with E-state index in [-0.39, 0.29) is 5.91 Å². The van der Waals surface area contributed by atoms with Crippen LogP contribution in [0.2, 0.25) is 0 Å².